The zero-order valence-corrected chi connectivity index (χ0v) is 15.0. The van der Waals surface area contributed by atoms with Crippen molar-refractivity contribution in [3.63, 3.8) is 0 Å². The summed E-state index contributed by atoms with van der Waals surface area (Å²) in [5, 5.41) is 0. The molecule has 4 aromatic rings. The molecule has 0 bridgehead atoms. The predicted molar refractivity (Wildman–Crippen MR) is 99.2 cm³/mol. The maximum Gasteiger partial charge on any atom is 0.298 e. The molecule has 0 unspecified atom stereocenters. The second-order valence-corrected chi connectivity index (χ2v) is 6.03. The number of nitrogens with zero attached hydrogens (tertiary/aromatic N) is 3. The maximum atomic E-state index is 13.5. The summed E-state index contributed by atoms with van der Waals surface area (Å²) in [6, 6.07) is 8.20. The third-order valence-corrected chi connectivity index (χ3v) is 4.32. The Morgan fingerprint density at radius 3 is 2.32 bits per heavy atom. The van der Waals surface area contributed by atoms with Gasteiger partial charge in [0, 0.05) is 30.2 Å². The smallest absolute Gasteiger partial charge is 0.298 e. The Morgan fingerprint density at radius 2 is 1.64 bits per heavy atom. The van der Waals surface area contributed by atoms with Crippen LogP contribution in [0.4, 0.5) is 8.78 Å². The van der Waals surface area contributed by atoms with E-state index in [0.29, 0.717) is 17.2 Å². The molecular weight excluding hydrogens is 368 g/mol. The Hall–Kier alpha value is -3.68. The topological polar surface area (TPSA) is 57.8 Å². The van der Waals surface area contributed by atoms with Crippen LogP contribution in [-0.2, 0) is 0 Å². The van der Waals surface area contributed by atoms with E-state index in [2.05, 4.69) is 4.98 Å². The van der Waals surface area contributed by atoms with Gasteiger partial charge in [-0.2, -0.15) is 0 Å². The van der Waals surface area contributed by atoms with Crippen molar-refractivity contribution in [2.45, 2.75) is 0 Å². The molecule has 0 atom stereocenters. The van der Waals surface area contributed by atoms with Crippen molar-refractivity contribution in [1.29, 1.82) is 0 Å². The van der Waals surface area contributed by atoms with E-state index in [1.807, 2.05) is 0 Å². The molecule has 0 aliphatic heterocycles. The van der Waals surface area contributed by atoms with Crippen molar-refractivity contribution in [1.82, 2.24) is 14.0 Å². The van der Waals surface area contributed by atoms with Crippen LogP contribution in [0.15, 0.2) is 59.8 Å². The fraction of sp³-hybridized carbons (Fsp3) is 0.100. The number of fused-ring (bicyclic) bond motifs is 1. The highest BCUT2D eigenvalue weighted by molar-refractivity contribution is 5.66. The molecule has 0 spiro atoms. The molecule has 6 nitrogen and oxygen atoms in total. The molecule has 0 N–H and O–H groups in total. The van der Waals surface area contributed by atoms with Gasteiger partial charge in [-0.25, -0.2) is 13.8 Å². The number of benzene rings is 2. The molecule has 0 amide bonds. The van der Waals surface area contributed by atoms with E-state index in [1.54, 1.807) is 42.1 Å². The van der Waals surface area contributed by atoms with Gasteiger partial charge in [0.1, 0.15) is 11.6 Å². The van der Waals surface area contributed by atoms with Crippen molar-refractivity contribution in [3.8, 4) is 28.4 Å². The Labute approximate surface area is 158 Å². The Morgan fingerprint density at radius 1 is 0.929 bits per heavy atom. The number of aromatic nitrogens is 3. The summed E-state index contributed by atoms with van der Waals surface area (Å²) in [5.74, 6) is -0.428. The van der Waals surface area contributed by atoms with Crippen molar-refractivity contribution >= 4 is 5.65 Å². The molecule has 0 aliphatic rings. The average molecular weight is 383 g/mol. The van der Waals surface area contributed by atoms with Crippen LogP contribution in [0.25, 0.3) is 22.6 Å². The predicted octanol–water partition coefficient (Wildman–Crippen LogP) is 3.45. The van der Waals surface area contributed by atoms with Crippen LogP contribution in [0.3, 0.4) is 0 Å². The van der Waals surface area contributed by atoms with E-state index in [-0.39, 0.29) is 11.3 Å². The first-order valence-corrected chi connectivity index (χ1v) is 8.29. The van der Waals surface area contributed by atoms with Crippen LogP contribution < -0.4 is 15.0 Å². The van der Waals surface area contributed by atoms with E-state index in [0.717, 1.165) is 28.3 Å². The number of hydrogen-bond acceptors (Lipinski definition) is 4. The molecule has 0 radical (unpaired) electrons. The van der Waals surface area contributed by atoms with Gasteiger partial charge >= 0.3 is 0 Å². The van der Waals surface area contributed by atoms with E-state index < -0.39 is 17.2 Å². The van der Waals surface area contributed by atoms with E-state index in [1.165, 1.54) is 13.3 Å². The lowest BCUT2D eigenvalue weighted by Gasteiger charge is -2.08. The van der Waals surface area contributed by atoms with Gasteiger partial charge in [0.05, 0.1) is 25.6 Å². The van der Waals surface area contributed by atoms with Gasteiger partial charge in [0.25, 0.3) is 5.56 Å². The highest BCUT2D eigenvalue weighted by Crippen LogP contribution is 2.31. The lowest BCUT2D eigenvalue weighted by molar-refractivity contribution is 0.355. The molecule has 142 valence electrons. The number of imidazole rings is 1. The highest BCUT2D eigenvalue weighted by atomic mass is 19.1. The molecule has 0 saturated heterocycles. The van der Waals surface area contributed by atoms with Crippen LogP contribution in [0, 0.1) is 11.6 Å². The third-order valence-electron chi connectivity index (χ3n) is 4.32. The third kappa shape index (κ3) is 2.98. The van der Waals surface area contributed by atoms with Crippen LogP contribution >= 0.6 is 0 Å². The molecule has 4 rings (SSSR count). The summed E-state index contributed by atoms with van der Waals surface area (Å²) >= 11 is 0. The van der Waals surface area contributed by atoms with Gasteiger partial charge in [-0.15, -0.1) is 0 Å². The van der Waals surface area contributed by atoms with Crippen LogP contribution in [0.1, 0.15) is 0 Å². The number of halogens is 2. The van der Waals surface area contributed by atoms with Crippen LogP contribution in [0.5, 0.6) is 11.5 Å². The summed E-state index contributed by atoms with van der Waals surface area (Å²) in [6.45, 7) is 0. The normalized spacial score (nSPS) is 11.0. The molecule has 8 heteroatoms. The van der Waals surface area contributed by atoms with Gasteiger partial charge in [0.15, 0.2) is 11.5 Å². The molecule has 0 saturated carbocycles. The number of rotatable bonds is 4. The first kappa shape index (κ1) is 17.7. The second-order valence-electron chi connectivity index (χ2n) is 6.03. The summed E-state index contributed by atoms with van der Waals surface area (Å²) in [7, 11) is 3.07. The number of ether oxygens (including phenoxy) is 2. The van der Waals surface area contributed by atoms with Crippen molar-refractivity contribution in [2.24, 2.45) is 0 Å². The number of hydrogen-bond donors (Lipinski definition) is 0. The van der Waals surface area contributed by atoms with Crippen LogP contribution in [0.2, 0.25) is 0 Å². The molecule has 2 heterocycles. The molecule has 0 aliphatic carbocycles. The molecular formula is C20H15F2N3O3. The minimum Gasteiger partial charge on any atom is -0.493 e. The standard InChI is InChI=1S/C20H15F2N3O3/c1-27-17-4-3-12(7-18(17)28-2)16-11-24-5-6-25(20(26)19(24)23-16)15-9-13(21)8-14(22)10-15/h3-11H,1-2H3. The minimum atomic E-state index is -0.767. The summed E-state index contributed by atoms with van der Waals surface area (Å²) in [6.07, 6.45) is 4.72. The average Bonchev–Trinajstić information content (AvgIpc) is 3.12. The first-order valence-electron chi connectivity index (χ1n) is 8.29. The van der Waals surface area contributed by atoms with Crippen molar-refractivity contribution in [3.05, 3.63) is 77.0 Å². The maximum absolute atomic E-state index is 13.5. The summed E-state index contributed by atoms with van der Waals surface area (Å²) < 4.78 is 40.3. The van der Waals surface area contributed by atoms with Gasteiger partial charge in [-0.1, -0.05) is 0 Å². The SMILES string of the molecule is COc1ccc(-c2cn3ccn(-c4cc(F)cc(F)c4)c(=O)c3n2)cc1OC. The first-order chi connectivity index (χ1) is 13.5. The molecule has 28 heavy (non-hydrogen) atoms. The van der Waals surface area contributed by atoms with E-state index in [4.69, 9.17) is 9.47 Å². The Bertz CT molecular complexity index is 1230. The Kier molecular flexibility index (Phi) is 4.31. The van der Waals surface area contributed by atoms with Crippen LogP contribution in [-0.4, -0.2) is 28.2 Å². The number of methoxy groups -OCH3 is 2. The summed E-state index contributed by atoms with van der Waals surface area (Å²) in [5.41, 5.74) is 0.974. The monoisotopic (exact) mass is 383 g/mol. The minimum absolute atomic E-state index is 0.0840. The van der Waals surface area contributed by atoms with Crippen molar-refractivity contribution in [2.75, 3.05) is 14.2 Å². The lowest BCUT2D eigenvalue weighted by atomic mass is 10.1. The quantitative estimate of drug-likeness (QED) is 0.542. The highest BCUT2D eigenvalue weighted by Gasteiger charge is 2.13. The molecule has 2 aromatic heterocycles. The van der Waals surface area contributed by atoms with E-state index in [9.17, 15) is 13.6 Å². The molecule has 2 aromatic carbocycles. The zero-order valence-electron chi connectivity index (χ0n) is 15.0. The largest absolute Gasteiger partial charge is 0.493 e. The zero-order chi connectivity index (χ0) is 19.8. The molecule has 0 fully saturated rings. The van der Waals surface area contributed by atoms with Gasteiger partial charge in [-0.05, 0) is 30.3 Å². The van der Waals surface area contributed by atoms with E-state index >= 15 is 0 Å². The fourth-order valence-corrected chi connectivity index (χ4v) is 3.00. The summed E-state index contributed by atoms with van der Waals surface area (Å²) in [4.78, 5) is 17.2. The fourth-order valence-electron chi connectivity index (χ4n) is 3.00. The van der Waals surface area contributed by atoms with Gasteiger partial charge in [-0.3, -0.25) is 9.36 Å². The van der Waals surface area contributed by atoms with Crippen molar-refractivity contribution < 1.29 is 18.3 Å². The Balaban J connectivity index is 1.84. The lowest BCUT2D eigenvalue weighted by Crippen LogP contribution is -2.20. The van der Waals surface area contributed by atoms with Gasteiger partial charge < -0.3 is 13.9 Å². The second kappa shape index (κ2) is 6.80. The van der Waals surface area contributed by atoms with Gasteiger partial charge in [0.2, 0.25) is 5.65 Å².